The minimum Gasteiger partial charge on any atom is -0.408 e. The molecule has 7 heteroatoms. The van der Waals surface area contributed by atoms with E-state index in [-0.39, 0.29) is 23.9 Å². The first-order chi connectivity index (χ1) is 9.19. The Hall–Kier alpha value is -1.76. The summed E-state index contributed by atoms with van der Waals surface area (Å²) >= 11 is 0. The number of aliphatic hydroxyl groups is 1. The highest BCUT2D eigenvalue weighted by molar-refractivity contribution is 5.77. The first kappa shape index (κ1) is 13.2. The fourth-order valence-corrected chi connectivity index (χ4v) is 2.79. The number of hydrogen-bond acceptors (Lipinski definition) is 3. The van der Waals surface area contributed by atoms with Gasteiger partial charge < -0.3 is 9.52 Å². The van der Waals surface area contributed by atoms with Crippen molar-refractivity contribution >= 4 is 11.1 Å². The zero-order valence-corrected chi connectivity index (χ0v) is 10.6. The molecule has 1 aromatic heterocycles. The van der Waals surface area contributed by atoms with Gasteiger partial charge in [-0.25, -0.2) is 4.79 Å². The van der Waals surface area contributed by atoms with Crippen molar-refractivity contribution in [2.45, 2.75) is 37.6 Å². The summed E-state index contributed by atoms with van der Waals surface area (Å²) in [6.07, 6.45) is -4.11. The van der Waals surface area contributed by atoms with Crippen molar-refractivity contribution < 1.29 is 22.7 Å². The first-order valence-corrected chi connectivity index (χ1v) is 6.13. The number of fused-ring (bicyclic) bond motifs is 1. The molecule has 3 rings (SSSR count). The number of benzene rings is 1. The second-order valence-corrected chi connectivity index (χ2v) is 5.45. The van der Waals surface area contributed by atoms with E-state index in [1.54, 1.807) is 6.92 Å². The van der Waals surface area contributed by atoms with Gasteiger partial charge in [0.15, 0.2) is 5.58 Å². The lowest BCUT2D eigenvalue weighted by Gasteiger charge is -2.41. The zero-order chi connectivity index (χ0) is 14.7. The molecular weight excluding hydrogens is 275 g/mol. The standard InChI is InChI=1S/C13H12F3NO3/c1-12(19)5-7(6-12)17-10-8(13(14,15)16)3-2-4-9(10)20-11(17)18/h2-4,7,19H,5-6H2,1H3. The molecule has 2 aromatic rings. The molecule has 0 radical (unpaired) electrons. The normalized spacial score (nSPS) is 26.8. The molecule has 0 saturated heterocycles. The van der Waals surface area contributed by atoms with Crippen molar-refractivity contribution in [3.63, 3.8) is 0 Å². The molecule has 0 unspecified atom stereocenters. The van der Waals surface area contributed by atoms with Crippen LogP contribution in [0.15, 0.2) is 27.4 Å². The fourth-order valence-electron chi connectivity index (χ4n) is 2.79. The van der Waals surface area contributed by atoms with Crippen LogP contribution in [0.1, 0.15) is 31.4 Å². The van der Waals surface area contributed by atoms with Crippen molar-refractivity contribution in [2.24, 2.45) is 0 Å². The SMILES string of the molecule is CC1(O)CC(n2c(=O)oc3cccc(C(F)(F)F)c32)C1. The second-order valence-electron chi connectivity index (χ2n) is 5.45. The van der Waals surface area contributed by atoms with Gasteiger partial charge in [0.05, 0.1) is 11.2 Å². The Morgan fingerprint density at radius 1 is 1.40 bits per heavy atom. The topological polar surface area (TPSA) is 55.4 Å². The number of rotatable bonds is 1. The molecule has 1 N–H and O–H groups in total. The third-order valence-corrected chi connectivity index (χ3v) is 3.66. The predicted molar refractivity (Wildman–Crippen MR) is 64.4 cm³/mol. The van der Waals surface area contributed by atoms with Gasteiger partial charge in [-0.3, -0.25) is 4.57 Å². The van der Waals surface area contributed by atoms with E-state index in [0.717, 1.165) is 10.6 Å². The maximum Gasteiger partial charge on any atom is 0.420 e. The Kier molecular flexibility index (Phi) is 2.57. The van der Waals surface area contributed by atoms with Crippen molar-refractivity contribution in [3.8, 4) is 0 Å². The molecule has 1 fully saturated rings. The summed E-state index contributed by atoms with van der Waals surface area (Å²) in [7, 11) is 0. The second kappa shape index (κ2) is 3.88. The number of hydrogen-bond donors (Lipinski definition) is 1. The van der Waals surface area contributed by atoms with Crippen molar-refractivity contribution in [1.82, 2.24) is 4.57 Å². The predicted octanol–water partition coefficient (Wildman–Crippen LogP) is 2.70. The molecule has 0 atom stereocenters. The summed E-state index contributed by atoms with van der Waals surface area (Å²) in [5.41, 5.74) is -2.17. The van der Waals surface area contributed by atoms with Gasteiger partial charge in [-0.1, -0.05) is 6.07 Å². The molecule has 108 valence electrons. The summed E-state index contributed by atoms with van der Waals surface area (Å²) in [5, 5.41) is 9.71. The highest BCUT2D eigenvalue weighted by Crippen LogP contribution is 2.43. The number of oxazole rings is 1. The van der Waals surface area contributed by atoms with Crippen LogP contribution >= 0.6 is 0 Å². The Balaban J connectivity index is 2.22. The summed E-state index contributed by atoms with van der Waals surface area (Å²) in [6, 6.07) is 2.99. The number of alkyl halides is 3. The quantitative estimate of drug-likeness (QED) is 0.877. The zero-order valence-electron chi connectivity index (χ0n) is 10.6. The van der Waals surface area contributed by atoms with Crippen LogP contribution in [0, 0.1) is 0 Å². The number of halogens is 3. The maximum absolute atomic E-state index is 13.0. The molecule has 1 heterocycles. The molecule has 1 aromatic carbocycles. The summed E-state index contributed by atoms with van der Waals surface area (Å²) < 4.78 is 45.0. The molecule has 0 spiro atoms. The average molecular weight is 287 g/mol. The minimum atomic E-state index is -4.57. The lowest BCUT2D eigenvalue weighted by molar-refractivity contribution is -0.136. The summed E-state index contributed by atoms with van der Waals surface area (Å²) in [5.74, 6) is -0.822. The van der Waals surface area contributed by atoms with E-state index in [0.29, 0.717) is 0 Å². The Bertz CT molecular complexity index is 719. The Morgan fingerprint density at radius 2 is 2.05 bits per heavy atom. The fraction of sp³-hybridized carbons (Fsp3) is 0.462. The molecular formula is C13H12F3NO3. The van der Waals surface area contributed by atoms with Gasteiger partial charge in [0, 0.05) is 6.04 Å². The van der Waals surface area contributed by atoms with Crippen molar-refractivity contribution in [3.05, 3.63) is 34.3 Å². The number of aromatic nitrogens is 1. The lowest BCUT2D eigenvalue weighted by atomic mass is 9.77. The van der Waals surface area contributed by atoms with Crippen LogP contribution < -0.4 is 5.76 Å². The van der Waals surface area contributed by atoms with E-state index in [9.17, 15) is 23.1 Å². The van der Waals surface area contributed by atoms with Crippen LogP contribution in [-0.4, -0.2) is 15.3 Å². The van der Waals surface area contributed by atoms with Gasteiger partial charge in [-0.15, -0.1) is 0 Å². The number of nitrogens with zero attached hydrogens (tertiary/aromatic N) is 1. The first-order valence-electron chi connectivity index (χ1n) is 6.13. The van der Waals surface area contributed by atoms with E-state index in [1.807, 2.05) is 0 Å². The van der Waals surface area contributed by atoms with E-state index in [4.69, 9.17) is 4.42 Å². The molecule has 0 aliphatic heterocycles. The highest BCUT2D eigenvalue weighted by atomic mass is 19.4. The molecule has 20 heavy (non-hydrogen) atoms. The van der Waals surface area contributed by atoms with Gasteiger partial charge in [-0.05, 0) is 31.9 Å². The monoisotopic (exact) mass is 287 g/mol. The summed E-state index contributed by atoms with van der Waals surface area (Å²) in [4.78, 5) is 11.8. The molecule has 0 amide bonds. The van der Waals surface area contributed by atoms with Gasteiger partial charge >= 0.3 is 11.9 Å². The molecule has 1 saturated carbocycles. The van der Waals surface area contributed by atoms with E-state index in [2.05, 4.69) is 0 Å². The van der Waals surface area contributed by atoms with Crippen molar-refractivity contribution in [2.75, 3.05) is 0 Å². The van der Waals surface area contributed by atoms with Gasteiger partial charge in [0.25, 0.3) is 0 Å². The van der Waals surface area contributed by atoms with Crippen LogP contribution in [0.4, 0.5) is 13.2 Å². The Labute approximate surface area is 111 Å². The lowest BCUT2D eigenvalue weighted by Crippen LogP contribution is -2.44. The van der Waals surface area contributed by atoms with Gasteiger partial charge in [-0.2, -0.15) is 13.2 Å². The molecule has 1 aliphatic carbocycles. The summed E-state index contributed by atoms with van der Waals surface area (Å²) in [6.45, 7) is 1.58. The largest absolute Gasteiger partial charge is 0.420 e. The average Bonchev–Trinajstić information content (AvgIpc) is 2.59. The van der Waals surface area contributed by atoms with Crippen molar-refractivity contribution in [1.29, 1.82) is 0 Å². The smallest absolute Gasteiger partial charge is 0.408 e. The third-order valence-electron chi connectivity index (χ3n) is 3.66. The van der Waals surface area contributed by atoms with Crippen LogP contribution in [-0.2, 0) is 6.18 Å². The van der Waals surface area contributed by atoms with Crippen LogP contribution in [0.2, 0.25) is 0 Å². The highest BCUT2D eigenvalue weighted by Gasteiger charge is 2.43. The van der Waals surface area contributed by atoms with Crippen LogP contribution in [0.25, 0.3) is 11.1 Å². The van der Waals surface area contributed by atoms with Gasteiger partial charge in [0.2, 0.25) is 0 Å². The third kappa shape index (κ3) is 1.93. The van der Waals surface area contributed by atoms with E-state index in [1.165, 1.54) is 12.1 Å². The van der Waals surface area contributed by atoms with Crippen LogP contribution in [0.5, 0.6) is 0 Å². The van der Waals surface area contributed by atoms with Crippen LogP contribution in [0.3, 0.4) is 0 Å². The Morgan fingerprint density at radius 3 is 2.60 bits per heavy atom. The van der Waals surface area contributed by atoms with Gasteiger partial charge in [0.1, 0.15) is 5.52 Å². The molecule has 1 aliphatic rings. The van der Waals surface area contributed by atoms with E-state index < -0.39 is 29.1 Å². The number of para-hydroxylation sites is 1. The minimum absolute atomic E-state index is 0.0867. The maximum atomic E-state index is 13.0. The molecule has 0 bridgehead atoms. The molecule has 4 nitrogen and oxygen atoms in total. The van der Waals surface area contributed by atoms with E-state index >= 15 is 0 Å².